The smallest absolute Gasteiger partial charge is 0.255 e. The summed E-state index contributed by atoms with van der Waals surface area (Å²) in [7, 11) is 3.18. The molecule has 0 radical (unpaired) electrons. The molecular formula is C32H26FN3O4S. The predicted octanol–water partition coefficient (Wildman–Crippen LogP) is 6.57. The van der Waals surface area contributed by atoms with Crippen molar-refractivity contribution in [2.75, 3.05) is 19.5 Å². The Morgan fingerprint density at radius 3 is 2.39 bits per heavy atom. The summed E-state index contributed by atoms with van der Waals surface area (Å²) in [6.45, 7) is 0.189. The van der Waals surface area contributed by atoms with Gasteiger partial charge in [0.2, 0.25) is 5.91 Å². The Balaban J connectivity index is 1.44. The van der Waals surface area contributed by atoms with Crippen LogP contribution < -0.4 is 14.8 Å². The Hall–Kier alpha value is -4.76. The maximum Gasteiger partial charge on any atom is 0.255 e. The van der Waals surface area contributed by atoms with Crippen molar-refractivity contribution in [3.8, 4) is 11.5 Å². The van der Waals surface area contributed by atoms with Gasteiger partial charge in [-0.2, -0.15) is 0 Å². The van der Waals surface area contributed by atoms with Crippen molar-refractivity contribution < 1.29 is 23.5 Å². The van der Waals surface area contributed by atoms with E-state index < -0.39 is 12.0 Å². The Bertz CT molecular complexity index is 1740. The molecule has 0 unspecified atom stereocenters. The first-order valence-corrected chi connectivity index (χ1v) is 13.8. The van der Waals surface area contributed by atoms with Crippen LogP contribution in [0.15, 0.2) is 91.0 Å². The molecule has 1 aliphatic rings. The van der Waals surface area contributed by atoms with Crippen molar-refractivity contribution >= 4 is 38.5 Å². The minimum atomic E-state index is -0.751. The quantitative estimate of drug-likeness (QED) is 0.241. The molecule has 9 heteroatoms. The fourth-order valence-corrected chi connectivity index (χ4v) is 6.17. The van der Waals surface area contributed by atoms with Gasteiger partial charge in [0.1, 0.15) is 17.3 Å². The van der Waals surface area contributed by atoms with Crippen molar-refractivity contribution in [1.82, 2.24) is 9.88 Å². The molecule has 1 N–H and O–H groups in total. The molecule has 206 valence electrons. The summed E-state index contributed by atoms with van der Waals surface area (Å²) in [6.07, 6.45) is 0. The highest BCUT2D eigenvalue weighted by molar-refractivity contribution is 7.22. The van der Waals surface area contributed by atoms with Crippen LogP contribution in [0.2, 0.25) is 0 Å². The van der Waals surface area contributed by atoms with Gasteiger partial charge in [-0.3, -0.25) is 9.59 Å². The van der Waals surface area contributed by atoms with E-state index in [1.54, 1.807) is 43.4 Å². The molecular weight excluding hydrogens is 541 g/mol. The van der Waals surface area contributed by atoms with Crippen molar-refractivity contribution in [2.24, 2.45) is 0 Å². The number of ether oxygens (including phenoxy) is 2. The van der Waals surface area contributed by atoms with Crippen LogP contribution in [0, 0.1) is 5.82 Å². The zero-order valence-electron chi connectivity index (χ0n) is 22.3. The minimum Gasteiger partial charge on any atom is -0.497 e. The van der Waals surface area contributed by atoms with Gasteiger partial charge in [0.25, 0.3) is 5.91 Å². The molecule has 7 nitrogen and oxygen atoms in total. The molecule has 0 saturated heterocycles. The number of carbonyl (C=O) groups is 2. The highest BCUT2D eigenvalue weighted by Gasteiger charge is 2.44. The van der Waals surface area contributed by atoms with Gasteiger partial charge >= 0.3 is 0 Å². The van der Waals surface area contributed by atoms with Crippen molar-refractivity contribution in [1.29, 1.82) is 0 Å². The predicted molar refractivity (Wildman–Crippen MR) is 156 cm³/mol. The lowest BCUT2D eigenvalue weighted by Crippen LogP contribution is -2.45. The van der Waals surface area contributed by atoms with E-state index >= 15 is 0 Å². The number of amides is 2. The van der Waals surface area contributed by atoms with Crippen LogP contribution in [0.4, 0.5) is 9.52 Å². The van der Waals surface area contributed by atoms with Crippen LogP contribution in [-0.4, -0.2) is 35.9 Å². The minimum absolute atomic E-state index is 0.189. The summed E-state index contributed by atoms with van der Waals surface area (Å²) < 4.78 is 25.3. The molecule has 2 atom stereocenters. The second-order valence-electron chi connectivity index (χ2n) is 9.68. The Labute approximate surface area is 240 Å². The van der Waals surface area contributed by atoms with Gasteiger partial charge in [-0.15, -0.1) is 0 Å². The third-order valence-electron chi connectivity index (χ3n) is 7.27. The summed E-state index contributed by atoms with van der Waals surface area (Å²) in [6, 6.07) is 25.5. The molecule has 1 aromatic heterocycles. The highest BCUT2D eigenvalue weighted by Crippen LogP contribution is 2.44. The summed E-state index contributed by atoms with van der Waals surface area (Å²) in [5.74, 6) is -0.245. The third kappa shape index (κ3) is 5.12. The molecule has 41 heavy (non-hydrogen) atoms. The number of benzene rings is 4. The Kier molecular flexibility index (Phi) is 7.11. The molecule has 1 aliphatic heterocycles. The summed E-state index contributed by atoms with van der Waals surface area (Å²) in [5, 5.41) is 3.47. The zero-order chi connectivity index (χ0) is 28.5. The van der Waals surface area contributed by atoms with Crippen LogP contribution in [0.25, 0.3) is 10.2 Å². The van der Waals surface area contributed by atoms with Gasteiger partial charge in [-0.25, -0.2) is 9.37 Å². The molecule has 0 bridgehead atoms. The van der Waals surface area contributed by atoms with Crippen LogP contribution in [-0.2, 0) is 11.3 Å². The summed E-state index contributed by atoms with van der Waals surface area (Å²) in [4.78, 5) is 34.5. The molecule has 0 aliphatic carbocycles. The lowest BCUT2D eigenvalue weighted by molar-refractivity contribution is -0.119. The fraction of sp³-hybridized carbons (Fsp3) is 0.156. The number of hydrogen-bond donors (Lipinski definition) is 1. The third-order valence-corrected chi connectivity index (χ3v) is 8.20. The molecule has 6 rings (SSSR count). The number of carbonyl (C=O) groups excluding carboxylic acids is 2. The van der Waals surface area contributed by atoms with Crippen molar-refractivity contribution in [2.45, 2.75) is 18.5 Å². The number of thiazole rings is 1. The second-order valence-corrected chi connectivity index (χ2v) is 10.7. The van der Waals surface area contributed by atoms with E-state index in [1.165, 1.54) is 23.5 Å². The molecule has 2 amide bonds. The molecule has 5 aromatic rings. The van der Waals surface area contributed by atoms with E-state index in [1.807, 2.05) is 54.6 Å². The standard InChI is InChI=1S/C32H26FN3O4S/c1-39-22-13-9-20(10-14-22)29-28(30(37)35-32-34-26-16-15-23(40-2)17-27(26)41-32)24-5-3-4-6-25(24)31(38)36(29)18-19-7-11-21(33)12-8-19/h3-17,28-29H,18H2,1-2H3,(H,34,35,37)/t28-,29+/m1/s1. The summed E-state index contributed by atoms with van der Waals surface area (Å²) in [5.41, 5.74) is 3.35. The first-order valence-electron chi connectivity index (χ1n) is 13.0. The largest absolute Gasteiger partial charge is 0.497 e. The van der Waals surface area contributed by atoms with E-state index in [9.17, 15) is 14.0 Å². The number of anilines is 1. The van der Waals surface area contributed by atoms with Crippen LogP contribution >= 0.6 is 11.3 Å². The van der Waals surface area contributed by atoms with Crippen LogP contribution in [0.3, 0.4) is 0 Å². The lowest BCUT2D eigenvalue weighted by atomic mass is 9.79. The van der Waals surface area contributed by atoms with Gasteiger partial charge in [0.15, 0.2) is 5.13 Å². The number of nitrogens with zero attached hydrogens (tertiary/aromatic N) is 2. The van der Waals surface area contributed by atoms with Gasteiger partial charge in [-0.05, 0) is 65.2 Å². The monoisotopic (exact) mass is 567 g/mol. The van der Waals surface area contributed by atoms with Crippen molar-refractivity contribution in [3.05, 3.63) is 119 Å². The highest BCUT2D eigenvalue weighted by atomic mass is 32.1. The summed E-state index contributed by atoms with van der Waals surface area (Å²) >= 11 is 1.35. The normalized spacial score (nSPS) is 16.4. The number of rotatable bonds is 7. The first kappa shape index (κ1) is 26.5. The number of fused-ring (bicyclic) bond motifs is 2. The van der Waals surface area contributed by atoms with E-state index in [-0.39, 0.29) is 24.2 Å². The number of hydrogen-bond acceptors (Lipinski definition) is 6. The number of methoxy groups -OCH3 is 2. The van der Waals surface area contributed by atoms with Gasteiger partial charge in [0, 0.05) is 12.1 Å². The van der Waals surface area contributed by atoms with E-state index in [0.29, 0.717) is 27.8 Å². The average molecular weight is 568 g/mol. The number of aromatic nitrogens is 1. The van der Waals surface area contributed by atoms with E-state index in [2.05, 4.69) is 10.3 Å². The van der Waals surface area contributed by atoms with Crippen LogP contribution in [0.1, 0.15) is 39.0 Å². The van der Waals surface area contributed by atoms with Gasteiger partial charge < -0.3 is 19.7 Å². The molecule has 2 heterocycles. The molecule has 0 fully saturated rings. The van der Waals surface area contributed by atoms with Gasteiger partial charge in [0.05, 0.1) is 36.4 Å². The maximum atomic E-state index is 14.2. The van der Waals surface area contributed by atoms with Gasteiger partial charge in [-0.1, -0.05) is 53.8 Å². The number of nitrogens with one attached hydrogen (secondary N) is 1. The second kappa shape index (κ2) is 11.0. The first-order chi connectivity index (χ1) is 19.9. The van der Waals surface area contributed by atoms with E-state index in [4.69, 9.17) is 9.47 Å². The molecule has 0 spiro atoms. The number of halogens is 1. The Morgan fingerprint density at radius 2 is 1.66 bits per heavy atom. The molecule has 4 aromatic carbocycles. The zero-order valence-corrected chi connectivity index (χ0v) is 23.2. The fourth-order valence-electron chi connectivity index (χ4n) is 5.28. The Morgan fingerprint density at radius 1 is 0.951 bits per heavy atom. The lowest BCUT2D eigenvalue weighted by Gasteiger charge is -2.42. The van der Waals surface area contributed by atoms with E-state index in [0.717, 1.165) is 21.3 Å². The molecule has 0 saturated carbocycles. The average Bonchev–Trinajstić information content (AvgIpc) is 3.40. The topological polar surface area (TPSA) is 80.8 Å². The van der Waals surface area contributed by atoms with Crippen LogP contribution in [0.5, 0.6) is 11.5 Å². The SMILES string of the molecule is COc1ccc([C@H]2[C@H](C(=O)Nc3nc4ccc(OC)cc4s3)c3ccccc3C(=O)N2Cc2ccc(F)cc2)cc1. The van der Waals surface area contributed by atoms with Crippen molar-refractivity contribution in [3.63, 3.8) is 0 Å². The maximum absolute atomic E-state index is 14.2.